The second kappa shape index (κ2) is 9.65. The van der Waals surface area contributed by atoms with E-state index >= 15 is 0 Å². The lowest BCUT2D eigenvalue weighted by atomic mass is 10.1. The zero-order valence-electron chi connectivity index (χ0n) is 9.58. The van der Waals surface area contributed by atoms with Crippen LogP contribution < -0.4 is 0 Å². The van der Waals surface area contributed by atoms with Crippen LogP contribution in [0.15, 0.2) is 0 Å². The maximum Gasteiger partial charge on any atom is 0.305 e. The van der Waals surface area contributed by atoms with Gasteiger partial charge in [-0.15, -0.1) is 0 Å². The van der Waals surface area contributed by atoms with Crippen LogP contribution in [0.1, 0.15) is 39.0 Å². The molecule has 0 saturated heterocycles. The van der Waals surface area contributed by atoms with E-state index in [-0.39, 0.29) is 11.8 Å². The number of rotatable bonds is 9. The van der Waals surface area contributed by atoms with E-state index < -0.39 is 0 Å². The van der Waals surface area contributed by atoms with Crippen LogP contribution in [0.3, 0.4) is 0 Å². The first-order valence-electron chi connectivity index (χ1n) is 5.31. The molecule has 0 spiro atoms. The van der Waals surface area contributed by atoms with Crippen molar-refractivity contribution in [1.29, 1.82) is 0 Å². The quantitative estimate of drug-likeness (QED) is 0.435. The van der Waals surface area contributed by atoms with Crippen LogP contribution in [0.25, 0.3) is 0 Å². The number of carbonyl (C=O) groups is 2. The summed E-state index contributed by atoms with van der Waals surface area (Å²) in [7, 11) is 1.61. The normalized spacial score (nSPS) is 10.0. The van der Waals surface area contributed by atoms with Gasteiger partial charge in [-0.3, -0.25) is 4.79 Å². The molecule has 4 heteroatoms. The molecule has 0 bridgehead atoms. The van der Waals surface area contributed by atoms with Gasteiger partial charge < -0.3 is 14.3 Å². The molecule has 0 aromatic carbocycles. The number of hydrogen-bond acceptors (Lipinski definition) is 4. The average molecular weight is 216 g/mol. The molecule has 15 heavy (non-hydrogen) atoms. The fraction of sp³-hybridized carbons (Fsp3) is 0.818. The van der Waals surface area contributed by atoms with E-state index in [9.17, 15) is 9.59 Å². The molecular formula is C11H20O4. The molecule has 0 aliphatic rings. The number of hydrogen-bond donors (Lipinski definition) is 0. The predicted octanol–water partition coefficient (Wildman–Crippen LogP) is 1.72. The van der Waals surface area contributed by atoms with Crippen LogP contribution in [0.5, 0.6) is 0 Å². The summed E-state index contributed by atoms with van der Waals surface area (Å²) in [5, 5.41) is 0. The number of esters is 1. The van der Waals surface area contributed by atoms with Crippen LogP contribution in [0.2, 0.25) is 0 Å². The van der Waals surface area contributed by atoms with Crippen molar-refractivity contribution < 1.29 is 19.1 Å². The largest absolute Gasteiger partial charge is 0.466 e. The van der Waals surface area contributed by atoms with E-state index in [2.05, 4.69) is 0 Å². The van der Waals surface area contributed by atoms with Gasteiger partial charge in [-0.25, -0.2) is 0 Å². The van der Waals surface area contributed by atoms with Gasteiger partial charge >= 0.3 is 5.97 Å². The lowest BCUT2D eigenvalue weighted by Crippen LogP contribution is -2.07. The minimum atomic E-state index is -0.186. The third-order valence-corrected chi connectivity index (χ3v) is 1.92. The molecule has 0 saturated carbocycles. The van der Waals surface area contributed by atoms with Crippen LogP contribution in [0, 0.1) is 0 Å². The van der Waals surface area contributed by atoms with Gasteiger partial charge in [0.2, 0.25) is 0 Å². The number of carbonyl (C=O) groups excluding carboxylic acids is 2. The van der Waals surface area contributed by atoms with Crippen LogP contribution >= 0.6 is 0 Å². The SMILES string of the molecule is COCCCOC(=O)CCCCC(C)=O. The molecule has 0 radical (unpaired) electrons. The monoisotopic (exact) mass is 216 g/mol. The minimum absolute atomic E-state index is 0.170. The number of ketones is 1. The molecule has 0 aliphatic carbocycles. The second-order valence-electron chi connectivity index (χ2n) is 3.48. The maximum atomic E-state index is 11.1. The smallest absolute Gasteiger partial charge is 0.305 e. The molecule has 0 N–H and O–H groups in total. The number of ether oxygens (including phenoxy) is 2. The van der Waals surface area contributed by atoms with Crippen molar-refractivity contribution in [3.8, 4) is 0 Å². The van der Waals surface area contributed by atoms with E-state index in [1.165, 1.54) is 0 Å². The van der Waals surface area contributed by atoms with E-state index in [1.807, 2.05) is 0 Å². The lowest BCUT2D eigenvalue weighted by Gasteiger charge is -2.03. The van der Waals surface area contributed by atoms with Gasteiger partial charge in [0.15, 0.2) is 0 Å². The highest BCUT2D eigenvalue weighted by atomic mass is 16.5. The summed E-state index contributed by atoms with van der Waals surface area (Å²) in [6, 6.07) is 0. The van der Waals surface area contributed by atoms with Crippen molar-refractivity contribution in [2.24, 2.45) is 0 Å². The van der Waals surface area contributed by atoms with Crippen LogP contribution in [-0.2, 0) is 19.1 Å². The highest BCUT2D eigenvalue weighted by Gasteiger charge is 2.02. The molecule has 4 nitrogen and oxygen atoms in total. The van der Waals surface area contributed by atoms with Gasteiger partial charge in [-0.05, 0) is 19.8 Å². The van der Waals surface area contributed by atoms with Crippen molar-refractivity contribution in [1.82, 2.24) is 0 Å². The van der Waals surface area contributed by atoms with Crippen molar-refractivity contribution >= 4 is 11.8 Å². The Balaban J connectivity index is 3.22. The van der Waals surface area contributed by atoms with Gasteiger partial charge in [0.1, 0.15) is 5.78 Å². The first-order valence-corrected chi connectivity index (χ1v) is 5.31. The standard InChI is InChI=1S/C11H20O4/c1-10(12)6-3-4-7-11(13)15-9-5-8-14-2/h3-9H2,1-2H3. The first kappa shape index (κ1) is 14.1. The maximum absolute atomic E-state index is 11.1. The minimum Gasteiger partial charge on any atom is -0.466 e. The van der Waals surface area contributed by atoms with Crippen molar-refractivity contribution in [3.63, 3.8) is 0 Å². The number of Topliss-reactive ketones (excluding diaryl/α,β-unsaturated/α-hetero) is 1. The molecular weight excluding hydrogens is 196 g/mol. The Morgan fingerprint density at radius 2 is 1.67 bits per heavy atom. The Kier molecular flexibility index (Phi) is 9.07. The molecule has 88 valence electrons. The Morgan fingerprint density at radius 3 is 2.27 bits per heavy atom. The topological polar surface area (TPSA) is 52.6 Å². The fourth-order valence-corrected chi connectivity index (χ4v) is 1.10. The Bertz CT molecular complexity index is 189. The highest BCUT2D eigenvalue weighted by Crippen LogP contribution is 2.02. The molecule has 0 rings (SSSR count). The molecule has 0 atom stereocenters. The zero-order chi connectivity index (χ0) is 11.5. The molecule has 0 unspecified atom stereocenters. The van der Waals surface area contributed by atoms with E-state index in [4.69, 9.17) is 9.47 Å². The van der Waals surface area contributed by atoms with E-state index in [0.717, 1.165) is 19.3 Å². The highest BCUT2D eigenvalue weighted by molar-refractivity contribution is 5.75. The molecule has 0 aromatic heterocycles. The number of methoxy groups -OCH3 is 1. The van der Waals surface area contributed by atoms with Crippen molar-refractivity contribution in [3.05, 3.63) is 0 Å². The summed E-state index contributed by atoms with van der Waals surface area (Å²) in [4.78, 5) is 21.7. The van der Waals surface area contributed by atoms with Gasteiger partial charge in [-0.2, -0.15) is 0 Å². The van der Waals surface area contributed by atoms with Gasteiger partial charge in [0.25, 0.3) is 0 Å². The lowest BCUT2D eigenvalue weighted by molar-refractivity contribution is -0.144. The zero-order valence-corrected chi connectivity index (χ0v) is 9.58. The summed E-state index contributed by atoms with van der Waals surface area (Å²) in [5.74, 6) is -0.0156. The summed E-state index contributed by atoms with van der Waals surface area (Å²) < 4.78 is 9.77. The van der Waals surface area contributed by atoms with E-state index in [1.54, 1.807) is 14.0 Å². The second-order valence-corrected chi connectivity index (χ2v) is 3.48. The summed E-state index contributed by atoms with van der Waals surface area (Å²) in [6.07, 6.45) is 3.18. The number of unbranched alkanes of at least 4 members (excludes halogenated alkanes) is 1. The molecule has 0 amide bonds. The summed E-state index contributed by atoms with van der Waals surface area (Å²) in [6.45, 7) is 2.58. The average Bonchev–Trinajstić information content (AvgIpc) is 2.19. The van der Waals surface area contributed by atoms with Gasteiger partial charge in [-0.1, -0.05) is 0 Å². The van der Waals surface area contributed by atoms with E-state index in [0.29, 0.717) is 26.1 Å². The fourth-order valence-electron chi connectivity index (χ4n) is 1.10. The Morgan fingerprint density at radius 1 is 1.00 bits per heavy atom. The third kappa shape index (κ3) is 11.0. The molecule has 0 aromatic rings. The molecule has 0 fully saturated rings. The first-order chi connectivity index (χ1) is 7.16. The Labute approximate surface area is 90.9 Å². The Hall–Kier alpha value is -0.900. The van der Waals surface area contributed by atoms with Crippen LogP contribution in [-0.4, -0.2) is 32.1 Å². The van der Waals surface area contributed by atoms with Gasteiger partial charge in [0.05, 0.1) is 6.61 Å². The molecule has 0 heterocycles. The summed E-state index contributed by atoms with van der Waals surface area (Å²) >= 11 is 0. The molecule has 0 aliphatic heterocycles. The van der Waals surface area contributed by atoms with Gasteiger partial charge in [0, 0.05) is 33.0 Å². The van der Waals surface area contributed by atoms with Crippen molar-refractivity contribution in [2.75, 3.05) is 20.3 Å². The van der Waals surface area contributed by atoms with Crippen LogP contribution in [0.4, 0.5) is 0 Å². The predicted molar refractivity (Wildman–Crippen MR) is 56.6 cm³/mol. The summed E-state index contributed by atoms with van der Waals surface area (Å²) in [5.41, 5.74) is 0. The van der Waals surface area contributed by atoms with Crippen molar-refractivity contribution in [2.45, 2.75) is 39.0 Å². The third-order valence-electron chi connectivity index (χ3n) is 1.92.